The van der Waals surface area contributed by atoms with Crippen LogP contribution in [0.25, 0.3) is 22.2 Å². The van der Waals surface area contributed by atoms with Crippen LogP contribution in [-0.4, -0.2) is 39.4 Å². The van der Waals surface area contributed by atoms with Gasteiger partial charge in [-0.3, -0.25) is 0 Å². The van der Waals surface area contributed by atoms with Crippen molar-refractivity contribution in [1.29, 1.82) is 0 Å². The molecule has 1 aliphatic rings. The smallest absolute Gasteiger partial charge is 0.407 e. The topological polar surface area (TPSA) is 93.5 Å². The summed E-state index contributed by atoms with van der Waals surface area (Å²) in [6.07, 6.45) is -0.715. The first-order chi connectivity index (χ1) is 16.0. The quantitative estimate of drug-likeness (QED) is 0.470. The molecule has 1 amide bonds. The number of ether oxygens (including phenoxy) is 1. The van der Waals surface area contributed by atoms with Gasteiger partial charge in [0.1, 0.15) is 18.5 Å². The number of fused-ring (bicyclic) bond motifs is 4. The van der Waals surface area contributed by atoms with E-state index in [9.17, 15) is 14.7 Å². The lowest BCUT2D eigenvalue weighted by Crippen LogP contribution is -2.43. The standard InChI is InChI=1S/C26H23N3O4/c1-29-23-13-7-6-12-21(23)27-24(29)14-22(25(30)31)28-26(32)33-15-20-18-10-4-2-8-16(18)17-9-3-5-11-19(17)20/h2-13,20,22H,14-15H2,1H3,(H,28,32)(H,30,31). The van der Waals surface area contributed by atoms with Crippen LogP contribution in [0.3, 0.4) is 0 Å². The number of rotatable bonds is 6. The van der Waals surface area contributed by atoms with Gasteiger partial charge in [-0.05, 0) is 34.4 Å². The Morgan fingerprint density at radius 1 is 1.00 bits per heavy atom. The first kappa shape index (κ1) is 20.8. The third-order valence-electron chi connectivity index (χ3n) is 6.20. The fourth-order valence-corrected chi connectivity index (χ4v) is 4.54. The van der Waals surface area contributed by atoms with Gasteiger partial charge in [-0.15, -0.1) is 0 Å². The van der Waals surface area contributed by atoms with Crippen LogP contribution < -0.4 is 5.32 Å². The zero-order valence-electron chi connectivity index (χ0n) is 18.1. The van der Waals surface area contributed by atoms with Crippen LogP contribution in [0.2, 0.25) is 0 Å². The van der Waals surface area contributed by atoms with E-state index in [2.05, 4.69) is 22.4 Å². The number of aromatic nitrogens is 2. The number of aliphatic carboxylic acids is 1. The molecule has 7 nitrogen and oxygen atoms in total. The molecule has 0 bridgehead atoms. The predicted octanol–water partition coefficient (Wildman–Crippen LogP) is 4.11. The molecular formula is C26H23N3O4. The molecule has 1 heterocycles. The number of hydrogen-bond donors (Lipinski definition) is 2. The van der Waals surface area contributed by atoms with Crippen molar-refractivity contribution in [3.8, 4) is 11.1 Å². The molecule has 5 rings (SSSR count). The van der Waals surface area contributed by atoms with Crippen LogP contribution in [0, 0.1) is 0 Å². The molecule has 3 aromatic carbocycles. The SMILES string of the molecule is Cn1c(CC(NC(=O)OCC2c3ccccc3-c3ccccc32)C(=O)O)nc2ccccc21. The Bertz CT molecular complexity index is 1320. The monoisotopic (exact) mass is 441 g/mol. The number of carboxylic acid groups (broad SMARTS) is 1. The van der Waals surface area contributed by atoms with E-state index in [0.29, 0.717) is 5.82 Å². The predicted molar refractivity (Wildman–Crippen MR) is 124 cm³/mol. The van der Waals surface area contributed by atoms with Gasteiger partial charge in [-0.25, -0.2) is 14.6 Å². The lowest BCUT2D eigenvalue weighted by molar-refractivity contribution is -0.139. The molecule has 0 fully saturated rings. The second-order valence-electron chi connectivity index (χ2n) is 8.14. The fraction of sp³-hybridized carbons (Fsp3) is 0.192. The third kappa shape index (κ3) is 3.82. The number of para-hydroxylation sites is 2. The second-order valence-corrected chi connectivity index (χ2v) is 8.14. The third-order valence-corrected chi connectivity index (χ3v) is 6.20. The number of imidazole rings is 1. The van der Waals surface area contributed by atoms with Crippen molar-refractivity contribution in [2.45, 2.75) is 18.4 Å². The molecule has 1 unspecified atom stereocenters. The highest BCUT2D eigenvalue weighted by Gasteiger charge is 2.30. The first-order valence-electron chi connectivity index (χ1n) is 10.8. The molecule has 2 N–H and O–H groups in total. The number of carbonyl (C=O) groups excluding carboxylic acids is 1. The minimum absolute atomic E-state index is 0.0463. The zero-order valence-corrected chi connectivity index (χ0v) is 18.1. The Hall–Kier alpha value is -4.13. The van der Waals surface area contributed by atoms with Crippen LogP contribution in [-0.2, 0) is 23.0 Å². The van der Waals surface area contributed by atoms with Crippen molar-refractivity contribution in [1.82, 2.24) is 14.9 Å². The van der Waals surface area contributed by atoms with Crippen LogP contribution in [0.15, 0.2) is 72.8 Å². The number of amides is 1. The summed E-state index contributed by atoms with van der Waals surface area (Å²) in [6, 6.07) is 22.5. The lowest BCUT2D eigenvalue weighted by atomic mass is 9.98. The van der Waals surface area contributed by atoms with E-state index in [1.54, 1.807) is 0 Å². The van der Waals surface area contributed by atoms with Gasteiger partial charge in [0.05, 0.1) is 11.0 Å². The van der Waals surface area contributed by atoms with E-state index in [-0.39, 0.29) is 18.9 Å². The normalized spacial score (nSPS) is 13.4. The molecule has 1 aliphatic carbocycles. The minimum atomic E-state index is -1.16. The Balaban J connectivity index is 1.29. The summed E-state index contributed by atoms with van der Waals surface area (Å²) in [6.45, 7) is 0.124. The van der Waals surface area contributed by atoms with Crippen LogP contribution >= 0.6 is 0 Å². The Morgan fingerprint density at radius 2 is 1.61 bits per heavy atom. The minimum Gasteiger partial charge on any atom is -0.480 e. The number of aryl methyl sites for hydroxylation is 1. The van der Waals surface area contributed by atoms with E-state index in [0.717, 1.165) is 33.3 Å². The van der Waals surface area contributed by atoms with Crippen molar-refractivity contribution in [3.63, 3.8) is 0 Å². The van der Waals surface area contributed by atoms with Crippen molar-refractivity contribution < 1.29 is 19.4 Å². The van der Waals surface area contributed by atoms with Gasteiger partial charge in [0.2, 0.25) is 0 Å². The average molecular weight is 441 g/mol. The summed E-state index contributed by atoms with van der Waals surface area (Å²) in [4.78, 5) is 28.9. The number of carboxylic acids is 1. The van der Waals surface area contributed by atoms with E-state index >= 15 is 0 Å². The highest BCUT2D eigenvalue weighted by Crippen LogP contribution is 2.44. The highest BCUT2D eigenvalue weighted by molar-refractivity contribution is 5.82. The zero-order chi connectivity index (χ0) is 22.9. The molecule has 1 atom stereocenters. The molecular weight excluding hydrogens is 418 g/mol. The number of alkyl carbamates (subject to hydrolysis) is 1. The van der Waals surface area contributed by atoms with E-state index < -0.39 is 18.1 Å². The number of carbonyl (C=O) groups is 2. The van der Waals surface area contributed by atoms with Gasteiger partial charge < -0.3 is 19.7 Å². The molecule has 0 radical (unpaired) electrons. The lowest BCUT2D eigenvalue weighted by Gasteiger charge is -2.17. The Labute approximate surface area is 190 Å². The van der Waals surface area contributed by atoms with Crippen LogP contribution in [0.5, 0.6) is 0 Å². The van der Waals surface area contributed by atoms with Gasteiger partial charge >= 0.3 is 12.1 Å². The Morgan fingerprint density at radius 3 is 2.24 bits per heavy atom. The fourth-order valence-electron chi connectivity index (χ4n) is 4.54. The largest absolute Gasteiger partial charge is 0.480 e. The second kappa shape index (κ2) is 8.43. The van der Waals surface area contributed by atoms with E-state index in [1.165, 1.54) is 0 Å². The molecule has 0 spiro atoms. The number of nitrogens with zero attached hydrogens (tertiary/aromatic N) is 2. The van der Waals surface area contributed by atoms with Crippen molar-refractivity contribution in [3.05, 3.63) is 89.7 Å². The molecule has 166 valence electrons. The summed E-state index contributed by atoms with van der Waals surface area (Å²) in [7, 11) is 1.83. The molecule has 0 saturated carbocycles. The molecule has 7 heteroatoms. The maximum Gasteiger partial charge on any atom is 0.407 e. The van der Waals surface area contributed by atoms with Crippen molar-refractivity contribution in [2.75, 3.05) is 6.61 Å². The van der Waals surface area contributed by atoms with Gasteiger partial charge in [-0.1, -0.05) is 60.7 Å². The molecule has 0 aliphatic heterocycles. The molecule has 0 saturated heterocycles. The van der Waals surface area contributed by atoms with Gasteiger partial charge in [0, 0.05) is 19.4 Å². The maximum atomic E-state index is 12.6. The van der Waals surface area contributed by atoms with Gasteiger partial charge in [0.25, 0.3) is 0 Å². The van der Waals surface area contributed by atoms with Crippen molar-refractivity contribution in [2.24, 2.45) is 7.05 Å². The average Bonchev–Trinajstić information content (AvgIpc) is 3.32. The summed E-state index contributed by atoms with van der Waals surface area (Å²) >= 11 is 0. The number of benzene rings is 3. The summed E-state index contributed by atoms with van der Waals surface area (Å²) in [5.74, 6) is -0.663. The van der Waals surface area contributed by atoms with E-state index in [1.807, 2.05) is 72.3 Å². The van der Waals surface area contributed by atoms with Crippen LogP contribution in [0.4, 0.5) is 4.79 Å². The maximum absolute atomic E-state index is 12.6. The molecule has 4 aromatic rings. The summed E-state index contributed by atoms with van der Waals surface area (Å²) < 4.78 is 7.34. The Kier molecular flexibility index (Phi) is 5.30. The number of nitrogens with one attached hydrogen (secondary N) is 1. The summed E-state index contributed by atoms with van der Waals surface area (Å²) in [5, 5.41) is 12.2. The first-order valence-corrected chi connectivity index (χ1v) is 10.8. The van der Waals surface area contributed by atoms with Crippen LogP contribution in [0.1, 0.15) is 22.9 Å². The van der Waals surface area contributed by atoms with E-state index in [4.69, 9.17) is 4.74 Å². The van der Waals surface area contributed by atoms with Gasteiger partial charge in [0.15, 0.2) is 0 Å². The molecule has 33 heavy (non-hydrogen) atoms. The highest BCUT2D eigenvalue weighted by atomic mass is 16.5. The van der Waals surface area contributed by atoms with Gasteiger partial charge in [-0.2, -0.15) is 0 Å². The summed E-state index contributed by atoms with van der Waals surface area (Å²) in [5.41, 5.74) is 6.14. The number of hydrogen-bond acceptors (Lipinski definition) is 4. The van der Waals surface area contributed by atoms with Crippen molar-refractivity contribution >= 4 is 23.1 Å². The molecule has 1 aromatic heterocycles.